The number of halogens is 1. The molecule has 15 heavy (non-hydrogen) atoms. The van der Waals surface area contributed by atoms with Crippen molar-refractivity contribution < 1.29 is 0 Å². The van der Waals surface area contributed by atoms with E-state index in [1.165, 1.54) is 5.19 Å². The van der Waals surface area contributed by atoms with Crippen LogP contribution in [0.15, 0.2) is 42.1 Å². The number of hydrogen-bond donors (Lipinski definition) is 0. The van der Waals surface area contributed by atoms with Crippen LogP contribution in [0.5, 0.6) is 0 Å². The number of alkyl halides is 1. The van der Waals surface area contributed by atoms with Crippen molar-refractivity contribution in [3.8, 4) is 0 Å². The zero-order valence-electron chi connectivity index (χ0n) is 9.54. The van der Waals surface area contributed by atoms with Crippen LogP contribution in [0.25, 0.3) is 0 Å². The fraction of sp³-hybridized carbons (Fsp3) is 0.385. The van der Waals surface area contributed by atoms with Gasteiger partial charge >= 0.3 is 0 Å². The van der Waals surface area contributed by atoms with Crippen LogP contribution in [0.3, 0.4) is 0 Å². The molecule has 0 amide bonds. The molecule has 82 valence electrons. The van der Waals surface area contributed by atoms with Gasteiger partial charge in [0.2, 0.25) is 0 Å². The summed E-state index contributed by atoms with van der Waals surface area (Å²) in [6, 6.07) is 10.8. The average molecular weight is 239 g/mol. The highest BCUT2D eigenvalue weighted by Gasteiger charge is 2.18. The highest BCUT2D eigenvalue weighted by atomic mass is 35.5. The van der Waals surface area contributed by atoms with Crippen molar-refractivity contribution >= 4 is 24.9 Å². The summed E-state index contributed by atoms with van der Waals surface area (Å²) in [5.41, 5.74) is 2.41. The monoisotopic (exact) mass is 238 g/mol. The first-order valence-corrected chi connectivity index (χ1v) is 9.07. The quantitative estimate of drug-likeness (QED) is 0.417. The Morgan fingerprint density at radius 2 is 1.87 bits per heavy atom. The van der Waals surface area contributed by atoms with Crippen LogP contribution in [0.2, 0.25) is 13.1 Å². The highest BCUT2D eigenvalue weighted by Crippen LogP contribution is 2.06. The van der Waals surface area contributed by atoms with Crippen LogP contribution in [-0.2, 0) is 0 Å². The van der Waals surface area contributed by atoms with E-state index in [4.69, 9.17) is 11.6 Å². The lowest BCUT2D eigenvalue weighted by Crippen LogP contribution is -2.39. The molecule has 0 radical (unpaired) electrons. The summed E-state index contributed by atoms with van der Waals surface area (Å²) in [6.07, 6.45) is 4.48. The number of hydrogen-bond acceptors (Lipinski definition) is 0. The van der Waals surface area contributed by atoms with Crippen LogP contribution >= 0.6 is 11.6 Å². The van der Waals surface area contributed by atoms with E-state index in [1.807, 2.05) is 0 Å². The van der Waals surface area contributed by atoms with Crippen molar-refractivity contribution in [1.29, 1.82) is 0 Å². The number of allylic oxidation sites excluding steroid dienone is 1. The maximum atomic E-state index is 5.65. The second-order valence-electron chi connectivity index (χ2n) is 4.32. The first kappa shape index (κ1) is 12.5. The van der Waals surface area contributed by atoms with Gasteiger partial charge in [0.15, 0.2) is 0 Å². The molecule has 1 aromatic rings. The SMILES string of the molecule is C[Si](C)(/C=C\CCCCl)c1ccccc1. The molecule has 2 heteroatoms. The third-order valence-electron chi connectivity index (χ3n) is 2.56. The Labute approximate surface area is 99.0 Å². The molecule has 0 aliphatic carbocycles. The summed E-state index contributed by atoms with van der Waals surface area (Å²) in [5.74, 6) is 0.762. The fourth-order valence-electron chi connectivity index (χ4n) is 1.54. The minimum atomic E-state index is -1.35. The molecule has 0 fully saturated rings. The summed E-state index contributed by atoms with van der Waals surface area (Å²) >= 11 is 5.65. The van der Waals surface area contributed by atoms with Crippen molar-refractivity contribution in [2.45, 2.75) is 25.9 Å². The Balaban J connectivity index is 2.63. The van der Waals surface area contributed by atoms with E-state index < -0.39 is 8.07 Å². The van der Waals surface area contributed by atoms with Gasteiger partial charge in [-0.3, -0.25) is 0 Å². The Morgan fingerprint density at radius 3 is 2.47 bits per heavy atom. The highest BCUT2D eigenvalue weighted by molar-refractivity contribution is 6.93. The number of rotatable bonds is 5. The Hall–Kier alpha value is -0.533. The maximum Gasteiger partial charge on any atom is 0.103 e. The predicted octanol–water partition coefficient (Wildman–Crippen LogP) is 3.72. The van der Waals surface area contributed by atoms with Crippen LogP contribution < -0.4 is 5.19 Å². The van der Waals surface area contributed by atoms with Gasteiger partial charge in [-0.1, -0.05) is 60.4 Å². The molecule has 0 aliphatic heterocycles. The lowest BCUT2D eigenvalue weighted by molar-refractivity contribution is 0.967. The molecule has 0 saturated heterocycles. The van der Waals surface area contributed by atoms with E-state index in [9.17, 15) is 0 Å². The van der Waals surface area contributed by atoms with Crippen LogP contribution in [0, 0.1) is 0 Å². The van der Waals surface area contributed by atoms with Gasteiger partial charge in [-0.05, 0) is 12.8 Å². The molecule has 1 rings (SSSR count). The van der Waals surface area contributed by atoms with Crippen LogP contribution in [-0.4, -0.2) is 14.0 Å². The van der Waals surface area contributed by atoms with Gasteiger partial charge in [-0.2, -0.15) is 0 Å². The third-order valence-corrected chi connectivity index (χ3v) is 5.71. The van der Waals surface area contributed by atoms with E-state index >= 15 is 0 Å². The molecule has 1 aromatic carbocycles. The lowest BCUT2D eigenvalue weighted by atomic mass is 10.3. The lowest BCUT2D eigenvalue weighted by Gasteiger charge is -2.18. The smallest absolute Gasteiger partial charge is 0.103 e. The van der Waals surface area contributed by atoms with Crippen molar-refractivity contribution in [2.75, 3.05) is 5.88 Å². The maximum absolute atomic E-state index is 5.65. The van der Waals surface area contributed by atoms with Gasteiger partial charge in [0.1, 0.15) is 8.07 Å². The molecule has 0 atom stereocenters. The summed E-state index contributed by atoms with van der Waals surface area (Å²) < 4.78 is 0. The summed E-state index contributed by atoms with van der Waals surface area (Å²) in [5, 5.41) is 1.49. The molecule has 0 N–H and O–H groups in total. The van der Waals surface area contributed by atoms with Crippen LogP contribution in [0.1, 0.15) is 12.8 Å². The molecule has 0 aliphatic rings. The molecule has 0 aromatic heterocycles. The molecular weight excluding hydrogens is 220 g/mol. The van der Waals surface area contributed by atoms with Gasteiger partial charge in [0, 0.05) is 5.88 Å². The molecule has 0 heterocycles. The zero-order chi connectivity index (χ0) is 11.1. The summed E-state index contributed by atoms with van der Waals surface area (Å²) in [6.45, 7) is 4.75. The normalized spacial score (nSPS) is 12.2. The molecular formula is C13H19ClSi. The molecule has 0 bridgehead atoms. The van der Waals surface area contributed by atoms with Gasteiger partial charge < -0.3 is 0 Å². The minimum Gasteiger partial charge on any atom is -0.127 e. The van der Waals surface area contributed by atoms with Crippen molar-refractivity contribution in [1.82, 2.24) is 0 Å². The average Bonchev–Trinajstić information content (AvgIpc) is 2.26. The molecule has 0 saturated carbocycles. The second-order valence-corrected chi connectivity index (χ2v) is 9.05. The topological polar surface area (TPSA) is 0 Å². The van der Waals surface area contributed by atoms with Crippen LogP contribution in [0.4, 0.5) is 0 Å². The molecule has 0 unspecified atom stereocenters. The molecule has 0 nitrogen and oxygen atoms in total. The van der Waals surface area contributed by atoms with Crippen molar-refractivity contribution in [3.63, 3.8) is 0 Å². The fourth-order valence-corrected chi connectivity index (χ4v) is 3.69. The van der Waals surface area contributed by atoms with Crippen molar-refractivity contribution in [2.24, 2.45) is 0 Å². The van der Waals surface area contributed by atoms with E-state index in [0.29, 0.717) is 0 Å². The Kier molecular flexibility index (Phi) is 5.13. The van der Waals surface area contributed by atoms with Gasteiger partial charge in [-0.25, -0.2) is 0 Å². The molecule has 0 spiro atoms. The number of unbranched alkanes of at least 4 members (excludes halogenated alkanes) is 1. The number of benzene rings is 1. The summed E-state index contributed by atoms with van der Waals surface area (Å²) in [7, 11) is -1.35. The van der Waals surface area contributed by atoms with E-state index in [2.05, 4.69) is 55.2 Å². The predicted molar refractivity (Wildman–Crippen MR) is 72.7 cm³/mol. The van der Waals surface area contributed by atoms with E-state index in [1.54, 1.807) is 0 Å². The Morgan fingerprint density at radius 1 is 1.20 bits per heavy atom. The first-order valence-electron chi connectivity index (χ1n) is 5.46. The largest absolute Gasteiger partial charge is 0.127 e. The van der Waals surface area contributed by atoms with E-state index in [0.717, 1.165) is 18.7 Å². The van der Waals surface area contributed by atoms with E-state index in [-0.39, 0.29) is 0 Å². The summed E-state index contributed by atoms with van der Waals surface area (Å²) in [4.78, 5) is 0. The standard InChI is InChI=1S/C13H19ClSi/c1-15(2,12-8-4-7-11-14)13-9-5-3-6-10-13/h3,5-6,8-10,12H,4,7,11H2,1-2H3/b12-8-. The Bertz CT molecular complexity index is 304. The minimum absolute atomic E-state index is 0.762. The van der Waals surface area contributed by atoms with Gasteiger partial charge in [0.25, 0.3) is 0 Å². The second kappa shape index (κ2) is 6.14. The first-order chi connectivity index (χ1) is 7.17. The van der Waals surface area contributed by atoms with Gasteiger partial charge in [-0.15, -0.1) is 11.6 Å². The zero-order valence-corrected chi connectivity index (χ0v) is 11.3. The third kappa shape index (κ3) is 4.23. The van der Waals surface area contributed by atoms with Gasteiger partial charge in [0.05, 0.1) is 0 Å². The van der Waals surface area contributed by atoms with Crippen molar-refractivity contribution in [3.05, 3.63) is 42.1 Å².